The summed E-state index contributed by atoms with van der Waals surface area (Å²) in [5.41, 5.74) is 1.38. The van der Waals surface area contributed by atoms with Gasteiger partial charge in [0.25, 0.3) is 11.7 Å². The highest BCUT2D eigenvalue weighted by molar-refractivity contribution is 5.92. The van der Waals surface area contributed by atoms with Crippen LogP contribution in [0.3, 0.4) is 0 Å². The van der Waals surface area contributed by atoms with E-state index >= 15 is 0 Å². The molecule has 0 unspecified atom stereocenters. The molecule has 3 aromatic heterocycles. The monoisotopic (exact) mass is 340 g/mol. The van der Waals surface area contributed by atoms with Gasteiger partial charge in [-0.3, -0.25) is 9.48 Å². The summed E-state index contributed by atoms with van der Waals surface area (Å²) in [6.45, 7) is 3.63. The van der Waals surface area contributed by atoms with Crippen molar-refractivity contribution in [3.63, 3.8) is 0 Å². The van der Waals surface area contributed by atoms with Crippen LogP contribution < -0.4 is 10.2 Å². The maximum absolute atomic E-state index is 12.2. The van der Waals surface area contributed by atoms with Crippen molar-refractivity contribution in [2.24, 2.45) is 7.05 Å². The van der Waals surface area contributed by atoms with Gasteiger partial charge in [0, 0.05) is 44.1 Å². The van der Waals surface area contributed by atoms with Crippen molar-refractivity contribution in [3.8, 4) is 0 Å². The molecule has 25 heavy (non-hydrogen) atoms. The molecule has 0 radical (unpaired) electrons. The van der Waals surface area contributed by atoms with Gasteiger partial charge in [0.05, 0.1) is 0 Å². The minimum absolute atomic E-state index is 0.113. The molecule has 0 bridgehead atoms. The van der Waals surface area contributed by atoms with E-state index in [-0.39, 0.29) is 11.9 Å². The standard InChI is InChI=1S/C16H20N8O/c1-11-9-14(24-16(19-11)17-10-18-24)23-7-3-12(4-8-23)20-15(25)13-5-6-22(2)21-13/h5-6,9-10,12H,3-4,7-8H2,1-2H3,(H,20,25). The van der Waals surface area contributed by atoms with Crippen LogP contribution in [-0.2, 0) is 7.05 Å². The second-order valence-corrected chi connectivity index (χ2v) is 6.34. The van der Waals surface area contributed by atoms with Gasteiger partial charge < -0.3 is 10.2 Å². The molecule has 4 rings (SSSR count). The quantitative estimate of drug-likeness (QED) is 0.749. The van der Waals surface area contributed by atoms with Crippen LogP contribution in [0.4, 0.5) is 5.82 Å². The molecule has 1 amide bonds. The Morgan fingerprint density at radius 1 is 1.32 bits per heavy atom. The summed E-state index contributed by atoms with van der Waals surface area (Å²) < 4.78 is 3.40. The maximum Gasteiger partial charge on any atom is 0.271 e. The first kappa shape index (κ1) is 15.6. The van der Waals surface area contributed by atoms with Crippen LogP contribution in [0.5, 0.6) is 0 Å². The first-order chi connectivity index (χ1) is 12.1. The van der Waals surface area contributed by atoms with E-state index in [1.165, 1.54) is 6.33 Å². The zero-order valence-corrected chi connectivity index (χ0v) is 14.3. The van der Waals surface area contributed by atoms with E-state index in [2.05, 4.69) is 30.4 Å². The van der Waals surface area contributed by atoms with Crippen molar-refractivity contribution in [3.05, 3.63) is 36.0 Å². The Labute approximate surface area is 144 Å². The predicted molar refractivity (Wildman–Crippen MR) is 91.4 cm³/mol. The van der Waals surface area contributed by atoms with Crippen LogP contribution in [0.1, 0.15) is 29.0 Å². The number of carbonyl (C=O) groups excluding carboxylic acids is 1. The van der Waals surface area contributed by atoms with Gasteiger partial charge in [-0.2, -0.15) is 19.7 Å². The SMILES string of the molecule is Cc1cc(N2CCC(NC(=O)c3ccn(C)n3)CC2)n2ncnc2n1. The van der Waals surface area contributed by atoms with Gasteiger partial charge in [-0.25, -0.2) is 4.98 Å². The van der Waals surface area contributed by atoms with Crippen molar-refractivity contribution in [1.29, 1.82) is 0 Å². The summed E-state index contributed by atoms with van der Waals surface area (Å²) in [4.78, 5) is 23.0. The molecule has 9 heteroatoms. The minimum Gasteiger partial charge on any atom is -0.356 e. The van der Waals surface area contributed by atoms with Crippen LogP contribution >= 0.6 is 0 Å². The topological polar surface area (TPSA) is 93.2 Å². The second kappa shape index (κ2) is 6.15. The number of aromatic nitrogens is 6. The van der Waals surface area contributed by atoms with E-state index in [9.17, 15) is 4.79 Å². The van der Waals surface area contributed by atoms with E-state index in [1.807, 2.05) is 13.0 Å². The summed E-state index contributed by atoms with van der Waals surface area (Å²) in [6, 6.07) is 3.90. The number of nitrogens with one attached hydrogen (secondary N) is 1. The number of nitrogens with zero attached hydrogens (tertiary/aromatic N) is 7. The molecular formula is C16H20N8O. The first-order valence-corrected chi connectivity index (χ1v) is 8.33. The van der Waals surface area contributed by atoms with Crippen molar-refractivity contribution in [1.82, 2.24) is 34.7 Å². The minimum atomic E-state index is -0.113. The maximum atomic E-state index is 12.2. The Bertz CT molecular complexity index is 906. The third-order valence-corrected chi connectivity index (χ3v) is 4.46. The zero-order chi connectivity index (χ0) is 17.4. The molecule has 1 aliphatic heterocycles. The van der Waals surface area contributed by atoms with Gasteiger partial charge >= 0.3 is 0 Å². The average molecular weight is 340 g/mol. The van der Waals surface area contributed by atoms with Crippen molar-refractivity contribution >= 4 is 17.5 Å². The van der Waals surface area contributed by atoms with Gasteiger partial charge in [-0.15, -0.1) is 0 Å². The Kier molecular flexibility index (Phi) is 3.83. The van der Waals surface area contributed by atoms with Gasteiger partial charge in [0.1, 0.15) is 17.8 Å². The van der Waals surface area contributed by atoms with E-state index in [1.54, 1.807) is 28.5 Å². The fourth-order valence-corrected chi connectivity index (χ4v) is 3.18. The number of piperidine rings is 1. The van der Waals surface area contributed by atoms with Crippen molar-refractivity contribution < 1.29 is 4.79 Å². The Morgan fingerprint density at radius 3 is 2.84 bits per heavy atom. The molecule has 1 fully saturated rings. The largest absolute Gasteiger partial charge is 0.356 e. The summed E-state index contributed by atoms with van der Waals surface area (Å²) in [5.74, 6) is 1.49. The van der Waals surface area contributed by atoms with Gasteiger partial charge in [-0.05, 0) is 25.8 Å². The first-order valence-electron chi connectivity index (χ1n) is 8.33. The van der Waals surface area contributed by atoms with Crippen LogP contribution in [-0.4, -0.2) is 54.4 Å². The molecule has 130 valence electrons. The summed E-state index contributed by atoms with van der Waals surface area (Å²) >= 11 is 0. The van der Waals surface area contributed by atoms with Gasteiger partial charge in [0.2, 0.25) is 0 Å². The number of carbonyl (C=O) groups is 1. The van der Waals surface area contributed by atoms with E-state index in [4.69, 9.17) is 0 Å². The highest BCUT2D eigenvalue weighted by atomic mass is 16.2. The normalized spacial score (nSPS) is 15.7. The third kappa shape index (κ3) is 3.04. The van der Waals surface area contributed by atoms with Gasteiger partial charge in [0.15, 0.2) is 0 Å². The average Bonchev–Trinajstić information content (AvgIpc) is 3.23. The number of anilines is 1. The molecule has 3 aromatic rings. The highest BCUT2D eigenvalue weighted by Gasteiger charge is 2.24. The number of amides is 1. The van der Waals surface area contributed by atoms with Gasteiger partial charge in [-0.1, -0.05) is 0 Å². The lowest BCUT2D eigenvalue weighted by Crippen LogP contribution is -2.45. The highest BCUT2D eigenvalue weighted by Crippen LogP contribution is 2.21. The molecule has 0 atom stereocenters. The Balaban J connectivity index is 1.42. The summed E-state index contributed by atoms with van der Waals surface area (Å²) in [7, 11) is 1.80. The number of fused-ring (bicyclic) bond motifs is 1. The second-order valence-electron chi connectivity index (χ2n) is 6.34. The van der Waals surface area contributed by atoms with Crippen LogP contribution in [0.25, 0.3) is 5.78 Å². The number of hydrogen-bond donors (Lipinski definition) is 1. The molecule has 0 aromatic carbocycles. The fourth-order valence-electron chi connectivity index (χ4n) is 3.18. The molecule has 1 N–H and O–H groups in total. The summed E-state index contributed by atoms with van der Waals surface area (Å²) in [6.07, 6.45) is 5.03. The molecule has 4 heterocycles. The van der Waals surface area contributed by atoms with Crippen LogP contribution in [0, 0.1) is 6.92 Å². The van der Waals surface area contributed by atoms with Crippen molar-refractivity contribution in [2.75, 3.05) is 18.0 Å². The third-order valence-electron chi connectivity index (χ3n) is 4.46. The zero-order valence-electron chi connectivity index (χ0n) is 14.3. The smallest absolute Gasteiger partial charge is 0.271 e. The fraction of sp³-hybridized carbons (Fsp3) is 0.438. The van der Waals surface area contributed by atoms with Crippen molar-refractivity contribution in [2.45, 2.75) is 25.8 Å². The Morgan fingerprint density at radius 2 is 2.12 bits per heavy atom. The number of aryl methyl sites for hydroxylation is 2. The lowest BCUT2D eigenvalue weighted by molar-refractivity contribution is 0.0925. The predicted octanol–water partition coefficient (Wildman–Crippen LogP) is 0.565. The van der Waals surface area contributed by atoms with Crippen LogP contribution in [0.2, 0.25) is 0 Å². The molecule has 1 saturated heterocycles. The molecule has 9 nitrogen and oxygen atoms in total. The molecular weight excluding hydrogens is 320 g/mol. The van der Waals surface area contributed by atoms with E-state index in [0.717, 1.165) is 37.4 Å². The number of hydrogen-bond acceptors (Lipinski definition) is 6. The lowest BCUT2D eigenvalue weighted by Gasteiger charge is -2.33. The molecule has 1 aliphatic rings. The van der Waals surface area contributed by atoms with Crippen LogP contribution in [0.15, 0.2) is 24.7 Å². The molecule has 0 saturated carbocycles. The lowest BCUT2D eigenvalue weighted by atomic mass is 10.0. The summed E-state index contributed by atoms with van der Waals surface area (Å²) in [5, 5.41) is 11.5. The molecule has 0 spiro atoms. The van der Waals surface area contributed by atoms with E-state index in [0.29, 0.717) is 11.5 Å². The molecule has 0 aliphatic carbocycles. The Hall–Kier alpha value is -2.97. The van der Waals surface area contributed by atoms with E-state index < -0.39 is 0 Å². The number of rotatable bonds is 3.